The molecule has 6 heteroatoms. The molecule has 18 heavy (non-hydrogen) atoms. The van der Waals surface area contributed by atoms with E-state index in [4.69, 9.17) is 11.6 Å². The van der Waals surface area contributed by atoms with Crippen LogP contribution in [0, 0.1) is 5.92 Å². The highest BCUT2D eigenvalue weighted by atomic mass is 35.5. The zero-order valence-electron chi connectivity index (χ0n) is 10.6. The molecule has 1 aliphatic heterocycles. The summed E-state index contributed by atoms with van der Waals surface area (Å²) in [5.41, 5.74) is 0.454. The topological polar surface area (TPSA) is 46.9 Å². The summed E-state index contributed by atoms with van der Waals surface area (Å²) >= 11 is 8.03. The number of rotatable bonds is 4. The van der Waals surface area contributed by atoms with Crippen molar-refractivity contribution in [3.8, 4) is 0 Å². The molecule has 4 nitrogen and oxygen atoms in total. The van der Waals surface area contributed by atoms with Gasteiger partial charge in [-0.25, -0.2) is 4.68 Å². The van der Waals surface area contributed by atoms with Crippen molar-refractivity contribution in [3.63, 3.8) is 0 Å². The third-order valence-electron chi connectivity index (χ3n) is 2.81. The molecule has 1 atom stereocenters. The van der Waals surface area contributed by atoms with E-state index in [1.807, 2.05) is 25.6 Å². The Bertz CT molecular complexity index is 469. The van der Waals surface area contributed by atoms with E-state index in [2.05, 4.69) is 10.4 Å². The predicted molar refractivity (Wildman–Crippen MR) is 77.7 cm³/mol. The number of halogens is 1. The van der Waals surface area contributed by atoms with Crippen LogP contribution in [0.3, 0.4) is 0 Å². The van der Waals surface area contributed by atoms with Crippen LogP contribution >= 0.6 is 23.4 Å². The monoisotopic (exact) mass is 287 g/mol. The van der Waals surface area contributed by atoms with Crippen molar-refractivity contribution in [1.82, 2.24) is 9.78 Å². The van der Waals surface area contributed by atoms with Gasteiger partial charge in [0.1, 0.15) is 5.02 Å². The van der Waals surface area contributed by atoms with Crippen molar-refractivity contribution in [1.29, 1.82) is 0 Å². The first-order valence-corrected chi connectivity index (χ1v) is 7.71. The van der Waals surface area contributed by atoms with Crippen LogP contribution in [-0.2, 0) is 6.54 Å². The van der Waals surface area contributed by atoms with Crippen molar-refractivity contribution < 1.29 is 0 Å². The molecule has 100 valence electrons. The van der Waals surface area contributed by atoms with Gasteiger partial charge < -0.3 is 5.32 Å². The van der Waals surface area contributed by atoms with Crippen LogP contribution in [0.4, 0.5) is 5.69 Å². The fourth-order valence-corrected chi connectivity index (χ4v) is 3.26. The summed E-state index contributed by atoms with van der Waals surface area (Å²) in [7, 11) is 0. The van der Waals surface area contributed by atoms with E-state index in [1.165, 1.54) is 4.68 Å². The molecule has 2 rings (SSSR count). The molecule has 0 aromatic carbocycles. The van der Waals surface area contributed by atoms with Crippen LogP contribution in [-0.4, -0.2) is 27.3 Å². The first-order valence-electron chi connectivity index (χ1n) is 6.18. The first kappa shape index (κ1) is 13.7. The summed E-state index contributed by atoms with van der Waals surface area (Å²) in [5, 5.41) is 7.73. The van der Waals surface area contributed by atoms with E-state index in [0.717, 1.165) is 17.9 Å². The summed E-state index contributed by atoms with van der Waals surface area (Å²) in [6.45, 7) is 4.69. The van der Waals surface area contributed by atoms with Gasteiger partial charge in [0.05, 0.1) is 11.9 Å². The molecule has 1 aromatic heterocycles. The number of anilines is 1. The maximum Gasteiger partial charge on any atom is 0.287 e. The second-order valence-corrected chi connectivity index (χ2v) is 6.49. The lowest BCUT2D eigenvalue weighted by Crippen LogP contribution is -2.28. The molecule has 0 saturated carbocycles. The Morgan fingerprint density at radius 3 is 3.06 bits per heavy atom. The normalized spacial score (nSPS) is 19.4. The van der Waals surface area contributed by atoms with E-state index in [9.17, 15) is 4.79 Å². The van der Waals surface area contributed by atoms with Gasteiger partial charge in [-0.2, -0.15) is 16.9 Å². The molecule has 1 N–H and O–H groups in total. The third-order valence-corrected chi connectivity index (χ3v) is 4.34. The van der Waals surface area contributed by atoms with Crippen molar-refractivity contribution in [2.75, 3.05) is 16.8 Å². The van der Waals surface area contributed by atoms with Crippen LogP contribution < -0.4 is 10.9 Å². The molecule has 1 fully saturated rings. The minimum Gasteiger partial charge on any atom is -0.379 e. The van der Waals surface area contributed by atoms with Gasteiger partial charge >= 0.3 is 0 Å². The molecular formula is C12H18ClN3OS. The highest BCUT2D eigenvalue weighted by molar-refractivity contribution is 7.99. The van der Waals surface area contributed by atoms with E-state index < -0.39 is 0 Å². The molecule has 0 bridgehead atoms. The molecule has 1 saturated heterocycles. The van der Waals surface area contributed by atoms with Gasteiger partial charge in [-0.3, -0.25) is 4.79 Å². The van der Waals surface area contributed by atoms with Gasteiger partial charge in [0.15, 0.2) is 0 Å². The number of nitrogens with one attached hydrogen (secondary N) is 1. The highest BCUT2D eigenvalue weighted by Crippen LogP contribution is 2.23. The SMILES string of the molecule is CC(C)Cn1ncc(NC2CCSC2)c(Cl)c1=O. The molecule has 1 aromatic rings. The second-order valence-electron chi connectivity index (χ2n) is 4.96. The van der Waals surface area contributed by atoms with Crippen LogP contribution in [0.15, 0.2) is 11.0 Å². The lowest BCUT2D eigenvalue weighted by Gasteiger charge is -2.15. The van der Waals surface area contributed by atoms with Gasteiger partial charge in [-0.15, -0.1) is 0 Å². The summed E-state index contributed by atoms with van der Waals surface area (Å²) < 4.78 is 1.43. The van der Waals surface area contributed by atoms with Crippen LogP contribution in [0.25, 0.3) is 0 Å². The molecule has 0 aliphatic carbocycles. The predicted octanol–water partition coefficient (Wildman–Crippen LogP) is 2.47. The maximum atomic E-state index is 12.0. The Morgan fingerprint density at radius 1 is 1.67 bits per heavy atom. The van der Waals surface area contributed by atoms with Crippen molar-refractivity contribution in [2.45, 2.75) is 32.9 Å². The van der Waals surface area contributed by atoms with Crippen LogP contribution in [0.1, 0.15) is 20.3 Å². The molecule has 0 spiro atoms. The summed E-state index contributed by atoms with van der Waals surface area (Å²) in [6.07, 6.45) is 2.77. The first-order chi connectivity index (χ1) is 8.58. The van der Waals surface area contributed by atoms with E-state index in [1.54, 1.807) is 6.20 Å². The van der Waals surface area contributed by atoms with Gasteiger partial charge in [0, 0.05) is 18.3 Å². The van der Waals surface area contributed by atoms with Crippen LogP contribution in [0.2, 0.25) is 5.02 Å². The van der Waals surface area contributed by atoms with Crippen molar-refractivity contribution in [3.05, 3.63) is 21.6 Å². The Morgan fingerprint density at radius 2 is 2.44 bits per heavy atom. The Kier molecular flexibility index (Phi) is 4.56. The quantitative estimate of drug-likeness (QED) is 0.924. The number of nitrogens with zero attached hydrogens (tertiary/aromatic N) is 2. The molecule has 1 aliphatic rings. The van der Waals surface area contributed by atoms with E-state index >= 15 is 0 Å². The summed E-state index contributed by atoms with van der Waals surface area (Å²) in [4.78, 5) is 12.0. The minimum absolute atomic E-state index is 0.207. The second kappa shape index (κ2) is 5.97. The van der Waals surface area contributed by atoms with Gasteiger partial charge in [-0.1, -0.05) is 25.4 Å². The minimum atomic E-state index is -0.207. The summed E-state index contributed by atoms with van der Waals surface area (Å²) in [5.74, 6) is 2.59. The zero-order valence-corrected chi connectivity index (χ0v) is 12.2. The number of thioether (sulfide) groups is 1. The fraction of sp³-hybridized carbons (Fsp3) is 0.667. The lowest BCUT2D eigenvalue weighted by atomic mass is 10.2. The summed E-state index contributed by atoms with van der Waals surface area (Å²) in [6, 6.07) is 0.398. The molecular weight excluding hydrogens is 270 g/mol. The van der Waals surface area contributed by atoms with Crippen molar-refractivity contribution >= 4 is 29.1 Å². The standard InChI is InChI=1S/C12H18ClN3OS/c1-8(2)6-16-12(17)11(13)10(5-14-16)15-9-3-4-18-7-9/h5,8-9,15H,3-4,6-7H2,1-2H3. The lowest BCUT2D eigenvalue weighted by molar-refractivity contribution is 0.464. The number of hydrogen-bond donors (Lipinski definition) is 1. The molecule has 2 heterocycles. The van der Waals surface area contributed by atoms with E-state index in [-0.39, 0.29) is 10.6 Å². The van der Waals surface area contributed by atoms with E-state index in [0.29, 0.717) is 24.2 Å². The number of hydrogen-bond acceptors (Lipinski definition) is 4. The Labute approximate surface area is 116 Å². The van der Waals surface area contributed by atoms with Gasteiger partial charge in [-0.05, 0) is 18.1 Å². The Balaban J connectivity index is 2.17. The number of aromatic nitrogens is 2. The van der Waals surface area contributed by atoms with Gasteiger partial charge in [0.2, 0.25) is 0 Å². The fourth-order valence-electron chi connectivity index (χ4n) is 1.91. The average Bonchev–Trinajstić information content (AvgIpc) is 2.81. The Hall–Kier alpha value is -0.680. The van der Waals surface area contributed by atoms with Crippen LogP contribution in [0.5, 0.6) is 0 Å². The average molecular weight is 288 g/mol. The molecule has 1 unspecified atom stereocenters. The smallest absolute Gasteiger partial charge is 0.287 e. The highest BCUT2D eigenvalue weighted by Gasteiger charge is 2.18. The maximum absolute atomic E-state index is 12.0. The third kappa shape index (κ3) is 3.20. The molecule has 0 amide bonds. The van der Waals surface area contributed by atoms with Gasteiger partial charge in [0.25, 0.3) is 5.56 Å². The van der Waals surface area contributed by atoms with Crippen molar-refractivity contribution in [2.24, 2.45) is 5.92 Å². The molecule has 0 radical (unpaired) electrons. The zero-order chi connectivity index (χ0) is 13.1. The largest absolute Gasteiger partial charge is 0.379 e.